The van der Waals surface area contributed by atoms with Gasteiger partial charge in [-0.3, -0.25) is 4.79 Å². The Morgan fingerprint density at radius 3 is 2.38 bits per heavy atom. The lowest BCUT2D eigenvalue weighted by Crippen LogP contribution is -2.32. The summed E-state index contributed by atoms with van der Waals surface area (Å²) in [6.45, 7) is 0. The van der Waals surface area contributed by atoms with Gasteiger partial charge in [0.2, 0.25) is 0 Å². The first kappa shape index (κ1) is 22.7. The van der Waals surface area contributed by atoms with Gasteiger partial charge < -0.3 is 4.74 Å². The number of methoxy groups -OCH3 is 1. The van der Waals surface area contributed by atoms with Crippen molar-refractivity contribution < 1.29 is 9.53 Å². The van der Waals surface area contributed by atoms with Crippen LogP contribution in [0, 0.1) is 5.92 Å². The fourth-order valence-corrected chi connectivity index (χ4v) is 5.12. The van der Waals surface area contributed by atoms with Gasteiger partial charge in [-0.05, 0) is 78.4 Å². The molecule has 0 N–H and O–H groups in total. The van der Waals surface area contributed by atoms with Crippen molar-refractivity contribution in [1.82, 2.24) is 5.01 Å². The molecule has 1 saturated carbocycles. The van der Waals surface area contributed by atoms with Gasteiger partial charge in [-0.25, -0.2) is 5.01 Å². The predicted octanol–water partition coefficient (Wildman–Crippen LogP) is 7.44. The summed E-state index contributed by atoms with van der Waals surface area (Å²) >= 11 is 12.2. The Hall–Kier alpha value is -3.08. The van der Waals surface area contributed by atoms with Crippen molar-refractivity contribution in [1.29, 1.82) is 0 Å². The van der Waals surface area contributed by atoms with Crippen LogP contribution in [-0.2, 0) is 0 Å². The molecule has 0 aromatic heterocycles. The number of para-hydroxylation sites is 1. The van der Waals surface area contributed by atoms with Crippen molar-refractivity contribution in [2.24, 2.45) is 11.0 Å². The van der Waals surface area contributed by atoms with Crippen molar-refractivity contribution >= 4 is 40.9 Å². The summed E-state index contributed by atoms with van der Waals surface area (Å²) < 4.78 is 5.48. The second-order valence-electron chi connectivity index (χ2n) is 8.55. The molecule has 1 heterocycles. The Bertz CT molecular complexity index is 1270. The largest absolute Gasteiger partial charge is 0.496 e. The monoisotopic (exact) mass is 490 g/mol. The van der Waals surface area contributed by atoms with Crippen molar-refractivity contribution in [2.45, 2.75) is 25.3 Å². The van der Waals surface area contributed by atoms with Crippen LogP contribution in [0.2, 0.25) is 10.0 Å². The number of fused-ring (bicyclic) bond motifs is 1. The molecule has 4 nitrogen and oxygen atoms in total. The normalized spacial score (nSPS) is 20.7. The molecule has 0 radical (unpaired) electrons. The van der Waals surface area contributed by atoms with Gasteiger partial charge >= 0.3 is 0 Å². The van der Waals surface area contributed by atoms with Gasteiger partial charge in [0.25, 0.3) is 5.91 Å². The van der Waals surface area contributed by atoms with E-state index in [4.69, 9.17) is 33.0 Å². The molecule has 3 aromatic rings. The topological polar surface area (TPSA) is 41.9 Å². The van der Waals surface area contributed by atoms with Crippen molar-refractivity contribution in [3.63, 3.8) is 0 Å². The van der Waals surface area contributed by atoms with Gasteiger partial charge in [0.1, 0.15) is 5.75 Å². The number of rotatable bonds is 4. The third kappa shape index (κ3) is 4.36. The van der Waals surface area contributed by atoms with Gasteiger partial charge in [0.15, 0.2) is 0 Å². The number of amides is 1. The first-order chi connectivity index (χ1) is 16.5. The molecule has 0 saturated heterocycles. The average molecular weight is 491 g/mol. The number of halogens is 2. The first-order valence-electron chi connectivity index (χ1n) is 11.3. The van der Waals surface area contributed by atoms with Gasteiger partial charge in [-0.15, -0.1) is 0 Å². The Labute approximate surface area is 209 Å². The van der Waals surface area contributed by atoms with E-state index in [9.17, 15) is 4.79 Å². The molecular formula is C28H24Cl2N2O2. The lowest BCUT2D eigenvalue weighted by atomic mass is 9.77. The molecule has 1 amide bonds. The molecule has 1 aliphatic carbocycles. The summed E-state index contributed by atoms with van der Waals surface area (Å²) in [6.07, 6.45) is 5.07. The number of ether oxygens (including phenoxy) is 1. The summed E-state index contributed by atoms with van der Waals surface area (Å²) in [6, 6.07) is 22.6. The van der Waals surface area contributed by atoms with Gasteiger partial charge in [0.05, 0.1) is 24.4 Å². The molecule has 0 bridgehead atoms. The molecule has 0 unspecified atom stereocenters. The number of carbonyl (C=O) groups is 1. The van der Waals surface area contributed by atoms with Crippen LogP contribution >= 0.6 is 23.2 Å². The number of carbonyl (C=O) groups excluding carboxylic acids is 1. The van der Waals surface area contributed by atoms with Crippen molar-refractivity contribution in [3.8, 4) is 5.75 Å². The van der Waals surface area contributed by atoms with Crippen LogP contribution in [0.4, 0.5) is 0 Å². The van der Waals surface area contributed by atoms with Crippen LogP contribution in [0.5, 0.6) is 5.75 Å². The van der Waals surface area contributed by atoms with E-state index in [1.54, 1.807) is 24.3 Å². The van der Waals surface area contributed by atoms with E-state index < -0.39 is 0 Å². The first-order valence-corrected chi connectivity index (χ1v) is 12.1. The van der Waals surface area contributed by atoms with E-state index in [-0.39, 0.29) is 17.9 Å². The quantitative estimate of drug-likeness (QED) is 0.381. The van der Waals surface area contributed by atoms with E-state index in [0.29, 0.717) is 21.4 Å². The van der Waals surface area contributed by atoms with Gasteiger partial charge in [-0.1, -0.05) is 59.6 Å². The number of hydrazone groups is 1. The zero-order chi connectivity index (χ0) is 23.7. The van der Waals surface area contributed by atoms with Crippen molar-refractivity contribution in [3.05, 3.63) is 105 Å². The molecule has 172 valence electrons. The molecule has 1 fully saturated rings. The minimum atomic E-state index is -0.210. The van der Waals surface area contributed by atoms with Crippen LogP contribution in [0.25, 0.3) is 6.08 Å². The Morgan fingerprint density at radius 1 is 1.00 bits per heavy atom. The molecule has 2 aliphatic rings. The third-order valence-corrected chi connectivity index (χ3v) is 6.97. The SMILES string of the molecule is COc1ccccc1C(=O)N1N=C2/C(=C/c3ccc(Cl)cc3)CCC[C@H]2[C@H]1c1ccc(Cl)cc1. The molecule has 1 aliphatic heterocycles. The summed E-state index contributed by atoms with van der Waals surface area (Å²) in [5.41, 5.74) is 4.72. The second kappa shape index (κ2) is 9.65. The summed E-state index contributed by atoms with van der Waals surface area (Å²) in [7, 11) is 1.57. The highest BCUT2D eigenvalue weighted by Gasteiger charge is 2.44. The maximum absolute atomic E-state index is 13.8. The third-order valence-electron chi connectivity index (χ3n) is 6.47. The van der Waals surface area contributed by atoms with E-state index in [2.05, 4.69) is 6.08 Å². The maximum Gasteiger partial charge on any atom is 0.278 e. The number of benzene rings is 3. The molecule has 34 heavy (non-hydrogen) atoms. The minimum Gasteiger partial charge on any atom is -0.496 e. The molecule has 0 spiro atoms. The fourth-order valence-electron chi connectivity index (χ4n) is 4.87. The smallest absolute Gasteiger partial charge is 0.278 e. The average Bonchev–Trinajstić information content (AvgIpc) is 3.26. The Kier molecular flexibility index (Phi) is 6.44. The summed E-state index contributed by atoms with van der Waals surface area (Å²) in [5, 5.41) is 7.97. The molecule has 3 aromatic carbocycles. The Balaban J connectivity index is 1.59. The van der Waals surface area contributed by atoms with Crippen LogP contribution in [-0.4, -0.2) is 23.7 Å². The van der Waals surface area contributed by atoms with Crippen LogP contribution in [0.3, 0.4) is 0 Å². The second-order valence-corrected chi connectivity index (χ2v) is 9.42. The highest BCUT2D eigenvalue weighted by atomic mass is 35.5. The minimum absolute atomic E-state index is 0.104. The van der Waals surface area contributed by atoms with E-state index >= 15 is 0 Å². The lowest BCUT2D eigenvalue weighted by molar-refractivity contribution is 0.0677. The zero-order valence-electron chi connectivity index (χ0n) is 18.7. The Morgan fingerprint density at radius 2 is 1.68 bits per heavy atom. The van der Waals surface area contributed by atoms with E-state index in [0.717, 1.165) is 41.7 Å². The highest BCUT2D eigenvalue weighted by Crippen LogP contribution is 2.45. The zero-order valence-corrected chi connectivity index (χ0v) is 20.3. The fraction of sp³-hybridized carbons (Fsp3) is 0.214. The summed E-state index contributed by atoms with van der Waals surface area (Å²) in [4.78, 5) is 13.8. The van der Waals surface area contributed by atoms with E-state index in [1.807, 2.05) is 60.7 Å². The molecule has 2 atom stereocenters. The highest BCUT2D eigenvalue weighted by molar-refractivity contribution is 6.30. The number of allylic oxidation sites excluding steroid dienone is 1. The standard InChI is InChI=1S/C28H24Cl2N2O2/c1-34-25-8-3-2-6-23(25)28(33)32-27(19-11-15-22(30)16-12-19)24-7-4-5-20(26(24)31-32)17-18-9-13-21(29)14-10-18/h2-3,6,8-17,24,27H,4-5,7H2,1H3/b20-17+/t24-,27-/m1/s1. The number of hydrogen-bond acceptors (Lipinski definition) is 3. The van der Waals surface area contributed by atoms with Gasteiger partial charge in [-0.2, -0.15) is 5.10 Å². The maximum atomic E-state index is 13.8. The number of nitrogens with zero attached hydrogens (tertiary/aromatic N) is 2. The predicted molar refractivity (Wildman–Crippen MR) is 138 cm³/mol. The summed E-state index contributed by atoms with van der Waals surface area (Å²) in [5.74, 6) is 0.464. The van der Waals surface area contributed by atoms with Gasteiger partial charge in [0, 0.05) is 16.0 Å². The lowest BCUT2D eigenvalue weighted by Gasteiger charge is -2.30. The number of hydrogen-bond donors (Lipinski definition) is 0. The van der Waals surface area contributed by atoms with Crippen molar-refractivity contribution in [2.75, 3.05) is 7.11 Å². The van der Waals surface area contributed by atoms with Crippen LogP contribution in [0.1, 0.15) is 46.8 Å². The van der Waals surface area contributed by atoms with E-state index in [1.165, 1.54) is 0 Å². The van der Waals surface area contributed by atoms with Crippen LogP contribution in [0.15, 0.2) is 83.5 Å². The molecule has 5 rings (SSSR count). The van der Waals surface area contributed by atoms with Crippen LogP contribution < -0.4 is 4.74 Å². The molecule has 6 heteroatoms. The molecular weight excluding hydrogens is 467 g/mol.